The molecule has 3 N–H and O–H groups in total. The number of hydrogen-bond acceptors (Lipinski definition) is 6. The van der Waals surface area contributed by atoms with Crippen molar-refractivity contribution in [2.24, 2.45) is 0 Å². The first-order chi connectivity index (χ1) is 13.9. The molecule has 1 amide bonds. The second-order valence-corrected chi connectivity index (χ2v) is 5.95. The molecular formula is C19H16F3N5O2. The van der Waals surface area contributed by atoms with Gasteiger partial charge >= 0.3 is 6.18 Å². The van der Waals surface area contributed by atoms with E-state index in [2.05, 4.69) is 25.6 Å². The van der Waals surface area contributed by atoms with E-state index >= 15 is 0 Å². The van der Waals surface area contributed by atoms with Crippen molar-refractivity contribution in [1.82, 2.24) is 15.0 Å². The van der Waals surface area contributed by atoms with Gasteiger partial charge in [0.15, 0.2) is 0 Å². The van der Waals surface area contributed by atoms with Gasteiger partial charge in [-0.2, -0.15) is 13.2 Å². The lowest BCUT2D eigenvalue weighted by Crippen LogP contribution is -2.14. The molecule has 3 aromatic rings. The standard InChI is InChI=1S/C19H16F3N5O2/c20-19(21,22)14-1-2-16(25-10-14)27-17-9-13(4-7-24-17)18(29)26-15-11-23-6-3-12(15)5-8-28/h1-4,6-7,9-11,28H,5,8H2,(H,26,29)(H,24,25,27). The van der Waals surface area contributed by atoms with Gasteiger partial charge in [0.1, 0.15) is 11.6 Å². The first kappa shape index (κ1) is 20.2. The fraction of sp³-hybridized carbons (Fsp3) is 0.158. The number of halogens is 3. The Kier molecular flexibility index (Phi) is 6.03. The number of nitrogens with zero attached hydrogens (tertiary/aromatic N) is 3. The van der Waals surface area contributed by atoms with Crippen LogP contribution in [0.1, 0.15) is 21.5 Å². The topological polar surface area (TPSA) is 100 Å². The minimum Gasteiger partial charge on any atom is -0.396 e. The second-order valence-electron chi connectivity index (χ2n) is 5.95. The summed E-state index contributed by atoms with van der Waals surface area (Å²) in [5.41, 5.74) is 0.618. The van der Waals surface area contributed by atoms with Crippen molar-refractivity contribution in [2.75, 3.05) is 17.2 Å². The van der Waals surface area contributed by atoms with Crippen LogP contribution in [0.15, 0.2) is 55.1 Å². The van der Waals surface area contributed by atoms with Gasteiger partial charge in [0.2, 0.25) is 0 Å². The highest BCUT2D eigenvalue weighted by Gasteiger charge is 2.30. The van der Waals surface area contributed by atoms with Crippen LogP contribution in [0, 0.1) is 0 Å². The van der Waals surface area contributed by atoms with Gasteiger partial charge in [-0.25, -0.2) is 9.97 Å². The van der Waals surface area contributed by atoms with Crippen LogP contribution < -0.4 is 10.6 Å². The summed E-state index contributed by atoms with van der Waals surface area (Å²) in [7, 11) is 0. The monoisotopic (exact) mass is 403 g/mol. The summed E-state index contributed by atoms with van der Waals surface area (Å²) in [6.07, 6.45) is 1.04. The Morgan fingerprint density at radius 3 is 2.55 bits per heavy atom. The van der Waals surface area contributed by atoms with E-state index in [4.69, 9.17) is 5.11 Å². The normalized spacial score (nSPS) is 11.2. The molecule has 0 radical (unpaired) electrons. The number of aromatic nitrogens is 3. The van der Waals surface area contributed by atoms with Gasteiger partial charge in [0.05, 0.1) is 17.4 Å². The van der Waals surface area contributed by atoms with E-state index in [9.17, 15) is 18.0 Å². The van der Waals surface area contributed by atoms with Crippen LogP contribution >= 0.6 is 0 Å². The minimum atomic E-state index is -4.47. The van der Waals surface area contributed by atoms with Crippen molar-refractivity contribution in [3.8, 4) is 0 Å². The van der Waals surface area contributed by atoms with Crippen LogP contribution in [-0.2, 0) is 12.6 Å². The number of amides is 1. The van der Waals surface area contributed by atoms with Crippen molar-refractivity contribution >= 4 is 23.2 Å². The molecule has 3 heterocycles. The Morgan fingerprint density at radius 2 is 1.86 bits per heavy atom. The summed E-state index contributed by atoms with van der Waals surface area (Å²) in [6, 6.07) is 6.70. The second kappa shape index (κ2) is 8.65. The van der Waals surface area contributed by atoms with Crippen LogP contribution in [0.2, 0.25) is 0 Å². The molecule has 10 heteroatoms. The van der Waals surface area contributed by atoms with Gasteiger partial charge in [-0.3, -0.25) is 9.78 Å². The van der Waals surface area contributed by atoms with Crippen LogP contribution in [0.3, 0.4) is 0 Å². The van der Waals surface area contributed by atoms with Crippen molar-refractivity contribution in [3.05, 3.63) is 71.8 Å². The average molecular weight is 403 g/mol. The zero-order chi connectivity index (χ0) is 20.9. The van der Waals surface area contributed by atoms with Gasteiger partial charge in [0.25, 0.3) is 5.91 Å². The molecule has 0 atom stereocenters. The molecule has 0 aliphatic heterocycles. The summed E-state index contributed by atoms with van der Waals surface area (Å²) >= 11 is 0. The zero-order valence-corrected chi connectivity index (χ0v) is 14.9. The highest BCUT2D eigenvalue weighted by molar-refractivity contribution is 6.05. The number of aliphatic hydroxyl groups excluding tert-OH is 1. The predicted molar refractivity (Wildman–Crippen MR) is 99.7 cm³/mol. The Morgan fingerprint density at radius 1 is 1.03 bits per heavy atom. The quantitative estimate of drug-likeness (QED) is 0.583. The first-order valence-corrected chi connectivity index (χ1v) is 8.48. The van der Waals surface area contributed by atoms with Crippen LogP contribution in [0.25, 0.3) is 0 Å². The third-order valence-corrected chi connectivity index (χ3v) is 3.91. The lowest BCUT2D eigenvalue weighted by atomic mass is 10.1. The van der Waals surface area contributed by atoms with E-state index in [1.165, 1.54) is 30.6 Å². The average Bonchev–Trinajstić information content (AvgIpc) is 2.69. The number of aliphatic hydroxyl groups is 1. The Hall–Kier alpha value is -3.53. The number of alkyl halides is 3. The molecule has 0 aromatic carbocycles. The lowest BCUT2D eigenvalue weighted by Gasteiger charge is -2.11. The molecule has 0 unspecified atom stereocenters. The number of carbonyl (C=O) groups is 1. The summed E-state index contributed by atoms with van der Waals surface area (Å²) in [5.74, 6) is -0.0322. The third kappa shape index (κ3) is 5.26. The molecule has 0 fully saturated rings. The summed E-state index contributed by atoms with van der Waals surface area (Å²) in [5, 5.41) is 14.6. The van der Waals surface area contributed by atoms with E-state index in [-0.39, 0.29) is 23.8 Å². The number of rotatable bonds is 6. The molecule has 29 heavy (non-hydrogen) atoms. The van der Waals surface area contributed by atoms with Gasteiger partial charge < -0.3 is 15.7 Å². The largest absolute Gasteiger partial charge is 0.417 e. The van der Waals surface area contributed by atoms with E-state index in [0.717, 1.165) is 11.6 Å². The highest BCUT2D eigenvalue weighted by Crippen LogP contribution is 2.29. The van der Waals surface area contributed by atoms with Crippen molar-refractivity contribution in [1.29, 1.82) is 0 Å². The fourth-order valence-corrected chi connectivity index (χ4v) is 2.48. The molecule has 0 aliphatic carbocycles. The van der Waals surface area contributed by atoms with Gasteiger partial charge in [0, 0.05) is 30.8 Å². The molecular weight excluding hydrogens is 387 g/mol. The van der Waals surface area contributed by atoms with Gasteiger partial charge in [-0.05, 0) is 42.3 Å². The Balaban J connectivity index is 1.73. The molecule has 0 aliphatic rings. The maximum absolute atomic E-state index is 12.6. The molecule has 0 bridgehead atoms. The van der Waals surface area contributed by atoms with E-state index in [1.807, 2.05) is 0 Å². The number of anilines is 3. The van der Waals surface area contributed by atoms with E-state index < -0.39 is 17.6 Å². The highest BCUT2D eigenvalue weighted by atomic mass is 19.4. The third-order valence-electron chi connectivity index (χ3n) is 3.91. The van der Waals surface area contributed by atoms with Crippen LogP contribution in [0.5, 0.6) is 0 Å². The maximum atomic E-state index is 12.6. The number of carbonyl (C=O) groups excluding carboxylic acids is 1. The number of nitrogens with one attached hydrogen (secondary N) is 2. The summed E-state index contributed by atoms with van der Waals surface area (Å²) in [6.45, 7) is -0.0731. The van der Waals surface area contributed by atoms with Crippen molar-refractivity contribution < 1.29 is 23.1 Å². The van der Waals surface area contributed by atoms with E-state index in [0.29, 0.717) is 18.3 Å². The molecule has 150 valence electrons. The summed E-state index contributed by atoms with van der Waals surface area (Å²) in [4.78, 5) is 24.3. The molecule has 0 spiro atoms. The maximum Gasteiger partial charge on any atom is 0.417 e. The molecule has 3 aromatic heterocycles. The minimum absolute atomic E-state index is 0.0731. The fourth-order valence-electron chi connectivity index (χ4n) is 2.48. The molecule has 0 saturated carbocycles. The summed E-state index contributed by atoms with van der Waals surface area (Å²) < 4.78 is 37.8. The SMILES string of the molecule is O=C(Nc1cnccc1CCO)c1ccnc(Nc2ccc(C(F)(F)F)cn2)c1. The zero-order valence-electron chi connectivity index (χ0n) is 14.9. The Labute approximate surface area is 163 Å². The molecule has 0 saturated heterocycles. The molecule has 7 nitrogen and oxygen atoms in total. The van der Waals surface area contributed by atoms with Gasteiger partial charge in [-0.15, -0.1) is 0 Å². The van der Waals surface area contributed by atoms with Crippen molar-refractivity contribution in [3.63, 3.8) is 0 Å². The molecule has 3 rings (SSSR count). The van der Waals surface area contributed by atoms with Crippen molar-refractivity contribution in [2.45, 2.75) is 12.6 Å². The lowest BCUT2D eigenvalue weighted by molar-refractivity contribution is -0.137. The van der Waals surface area contributed by atoms with Gasteiger partial charge in [-0.1, -0.05) is 0 Å². The smallest absolute Gasteiger partial charge is 0.396 e. The van der Waals surface area contributed by atoms with Crippen LogP contribution in [-0.4, -0.2) is 32.6 Å². The van der Waals surface area contributed by atoms with Crippen LogP contribution in [0.4, 0.5) is 30.5 Å². The Bertz CT molecular complexity index is 994. The number of pyridine rings is 3. The van der Waals surface area contributed by atoms with E-state index in [1.54, 1.807) is 12.3 Å². The predicted octanol–water partition coefficient (Wildman–Crippen LogP) is 3.42. The first-order valence-electron chi connectivity index (χ1n) is 8.48. The number of hydrogen-bond donors (Lipinski definition) is 3.